The van der Waals surface area contributed by atoms with Gasteiger partial charge in [-0.1, -0.05) is 61.7 Å². The third kappa shape index (κ3) is 5.77. The fraction of sp³-hybridized carbons (Fsp3) is 0.576. The van der Waals surface area contributed by atoms with Crippen LogP contribution >= 0.6 is 0 Å². The molecule has 40 heavy (non-hydrogen) atoms. The summed E-state index contributed by atoms with van der Waals surface area (Å²) in [5.41, 5.74) is 1.62. The minimum absolute atomic E-state index is 0.0744. The molecule has 2 atom stereocenters. The van der Waals surface area contributed by atoms with Crippen LogP contribution in [0.1, 0.15) is 62.0 Å². The van der Waals surface area contributed by atoms with Gasteiger partial charge in [0.25, 0.3) is 5.91 Å². The summed E-state index contributed by atoms with van der Waals surface area (Å²) in [6.07, 6.45) is 8.32. The standard InChI is InChI=1S/C33H44N4O3/c1-40-29-14-12-26(13-15-29)21-37-31(38)33(34-32(37)39)16-18-35(19-17-33)22-28-23-36(20-25-8-4-2-5-9-25)24-30(28)27-10-6-3-7-11-27/h3,6-7,10-15,25,28,30H,2,4-5,8-9,16-24H2,1H3,(H,34,39)/t28-,30+/m0/s1. The van der Waals surface area contributed by atoms with E-state index in [2.05, 4.69) is 45.4 Å². The fourth-order valence-corrected chi connectivity index (χ4v) is 7.63. The Morgan fingerprint density at radius 3 is 2.30 bits per heavy atom. The van der Waals surface area contributed by atoms with Crippen LogP contribution in [0.25, 0.3) is 0 Å². The molecule has 6 rings (SSSR count). The average molecular weight is 545 g/mol. The summed E-state index contributed by atoms with van der Waals surface area (Å²) in [5, 5.41) is 3.09. The summed E-state index contributed by atoms with van der Waals surface area (Å²) in [7, 11) is 1.63. The lowest BCUT2D eigenvalue weighted by Crippen LogP contribution is -2.55. The maximum atomic E-state index is 13.5. The highest BCUT2D eigenvalue weighted by Crippen LogP contribution is 2.37. The van der Waals surface area contributed by atoms with Crippen molar-refractivity contribution in [1.82, 2.24) is 20.0 Å². The molecule has 4 aliphatic rings. The summed E-state index contributed by atoms with van der Waals surface area (Å²) < 4.78 is 5.23. The second-order valence-electron chi connectivity index (χ2n) is 12.6. The monoisotopic (exact) mass is 544 g/mol. The van der Waals surface area contributed by atoms with Crippen LogP contribution in [0.5, 0.6) is 5.75 Å². The Morgan fingerprint density at radius 1 is 0.875 bits per heavy atom. The third-order valence-electron chi connectivity index (χ3n) is 9.93. The molecule has 2 aromatic rings. The molecule has 3 amide bonds. The number of rotatable bonds is 8. The van der Waals surface area contributed by atoms with Gasteiger partial charge in [0.1, 0.15) is 11.3 Å². The van der Waals surface area contributed by atoms with Gasteiger partial charge in [-0.15, -0.1) is 0 Å². The number of ether oxygens (including phenoxy) is 1. The Hall–Kier alpha value is -2.90. The smallest absolute Gasteiger partial charge is 0.325 e. The zero-order chi connectivity index (χ0) is 27.5. The number of carbonyl (C=O) groups is 2. The van der Waals surface area contributed by atoms with Crippen molar-refractivity contribution in [2.45, 2.75) is 62.9 Å². The van der Waals surface area contributed by atoms with Gasteiger partial charge in [-0.25, -0.2) is 4.79 Å². The Kier molecular flexibility index (Phi) is 8.12. The number of nitrogens with one attached hydrogen (secondary N) is 1. The van der Waals surface area contributed by atoms with Crippen molar-refractivity contribution in [3.05, 3.63) is 65.7 Å². The first-order valence-corrected chi connectivity index (χ1v) is 15.3. The lowest BCUT2D eigenvalue weighted by molar-refractivity contribution is -0.133. The molecule has 7 heteroatoms. The van der Waals surface area contributed by atoms with Gasteiger partial charge in [-0.2, -0.15) is 0 Å². The van der Waals surface area contributed by atoms with Gasteiger partial charge < -0.3 is 19.9 Å². The maximum absolute atomic E-state index is 13.5. The van der Waals surface area contributed by atoms with E-state index in [0.717, 1.165) is 50.0 Å². The van der Waals surface area contributed by atoms with Crippen LogP contribution in [0, 0.1) is 11.8 Å². The van der Waals surface area contributed by atoms with E-state index in [1.807, 2.05) is 24.3 Å². The van der Waals surface area contributed by atoms with Gasteiger partial charge in [-0.3, -0.25) is 9.69 Å². The van der Waals surface area contributed by atoms with Crippen LogP contribution in [0.2, 0.25) is 0 Å². The van der Waals surface area contributed by atoms with Gasteiger partial charge in [0, 0.05) is 45.2 Å². The predicted molar refractivity (Wildman–Crippen MR) is 156 cm³/mol. The number of hydrogen-bond donors (Lipinski definition) is 1. The van der Waals surface area contributed by atoms with Crippen LogP contribution in [0.3, 0.4) is 0 Å². The van der Waals surface area contributed by atoms with Crippen LogP contribution in [-0.4, -0.2) is 78.6 Å². The quantitative estimate of drug-likeness (QED) is 0.480. The summed E-state index contributed by atoms with van der Waals surface area (Å²) in [6.45, 7) is 6.56. The van der Waals surface area contributed by atoms with Crippen LogP contribution in [0.15, 0.2) is 54.6 Å². The molecule has 1 aliphatic carbocycles. The molecular formula is C33H44N4O3. The first-order valence-electron chi connectivity index (χ1n) is 15.3. The Labute approximate surface area is 238 Å². The summed E-state index contributed by atoms with van der Waals surface area (Å²) in [4.78, 5) is 33.1. The number of piperidine rings is 1. The maximum Gasteiger partial charge on any atom is 0.325 e. The molecule has 7 nitrogen and oxygen atoms in total. The SMILES string of the molecule is COc1ccc(CN2C(=O)NC3(CCN(C[C@H]4CN(CC5CCCCC5)C[C@@H]4c4ccccc4)CC3)C2=O)cc1. The van der Waals surface area contributed by atoms with E-state index in [1.165, 1.54) is 49.1 Å². The fourth-order valence-electron chi connectivity index (χ4n) is 7.63. The normalized spacial score (nSPS) is 26.0. The van der Waals surface area contributed by atoms with E-state index in [-0.39, 0.29) is 18.5 Å². The first-order chi connectivity index (χ1) is 19.5. The molecule has 1 spiro atoms. The van der Waals surface area contributed by atoms with E-state index in [0.29, 0.717) is 24.7 Å². The van der Waals surface area contributed by atoms with E-state index < -0.39 is 5.54 Å². The minimum atomic E-state index is -0.762. The van der Waals surface area contributed by atoms with Crippen LogP contribution < -0.4 is 10.1 Å². The number of methoxy groups -OCH3 is 1. The molecule has 0 bridgehead atoms. The topological polar surface area (TPSA) is 65.1 Å². The molecule has 1 N–H and O–H groups in total. The van der Waals surface area contributed by atoms with Crippen molar-refractivity contribution >= 4 is 11.9 Å². The number of imide groups is 1. The molecule has 3 aliphatic heterocycles. The number of hydrogen-bond acceptors (Lipinski definition) is 5. The summed E-state index contributed by atoms with van der Waals surface area (Å²) in [6, 6.07) is 18.3. The lowest BCUT2D eigenvalue weighted by atomic mass is 9.85. The summed E-state index contributed by atoms with van der Waals surface area (Å²) >= 11 is 0. The molecule has 0 aromatic heterocycles. The van der Waals surface area contributed by atoms with E-state index >= 15 is 0 Å². The minimum Gasteiger partial charge on any atom is -0.497 e. The largest absolute Gasteiger partial charge is 0.497 e. The van der Waals surface area contributed by atoms with E-state index in [4.69, 9.17) is 4.74 Å². The Bertz CT molecular complexity index is 1160. The average Bonchev–Trinajstić information content (AvgIpc) is 3.49. The molecule has 214 valence electrons. The number of urea groups is 1. The highest BCUT2D eigenvalue weighted by Gasteiger charge is 2.52. The van der Waals surface area contributed by atoms with Gasteiger partial charge >= 0.3 is 6.03 Å². The number of carbonyl (C=O) groups excluding carboxylic acids is 2. The van der Waals surface area contributed by atoms with Crippen LogP contribution in [0.4, 0.5) is 4.79 Å². The molecule has 4 fully saturated rings. The van der Waals surface area contributed by atoms with Crippen LogP contribution in [-0.2, 0) is 11.3 Å². The molecule has 3 saturated heterocycles. The molecule has 0 unspecified atom stereocenters. The number of amides is 3. The number of nitrogens with zero attached hydrogens (tertiary/aromatic N) is 3. The lowest BCUT2D eigenvalue weighted by Gasteiger charge is -2.39. The van der Waals surface area contributed by atoms with Crippen molar-refractivity contribution in [2.24, 2.45) is 11.8 Å². The van der Waals surface area contributed by atoms with Gasteiger partial charge in [0.15, 0.2) is 0 Å². The molecular weight excluding hydrogens is 500 g/mol. The van der Waals surface area contributed by atoms with E-state index in [9.17, 15) is 9.59 Å². The zero-order valence-electron chi connectivity index (χ0n) is 23.9. The first kappa shape index (κ1) is 27.3. The number of benzene rings is 2. The molecule has 1 saturated carbocycles. The van der Waals surface area contributed by atoms with Gasteiger partial charge in [0.05, 0.1) is 13.7 Å². The van der Waals surface area contributed by atoms with Gasteiger partial charge in [0.2, 0.25) is 0 Å². The second-order valence-corrected chi connectivity index (χ2v) is 12.6. The highest BCUT2D eigenvalue weighted by molar-refractivity contribution is 6.07. The van der Waals surface area contributed by atoms with Crippen molar-refractivity contribution < 1.29 is 14.3 Å². The van der Waals surface area contributed by atoms with E-state index in [1.54, 1.807) is 7.11 Å². The molecule has 0 radical (unpaired) electrons. The Balaban J connectivity index is 1.07. The zero-order valence-corrected chi connectivity index (χ0v) is 23.9. The Morgan fingerprint density at radius 2 is 1.60 bits per heavy atom. The number of likely N-dealkylation sites (tertiary alicyclic amines) is 2. The second kappa shape index (κ2) is 11.9. The molecule has 2 aromatic carbocycles. The molecule has 3 heterocycles. The van der Waals surface area contributed by atoms with Crippen molar-refractivity contribution in [1.29, 1.82) is 0 Å². The predicted octanol–water partition coefficient (Wildman–Crippen LogP) is 4.88. The van der Waals surface area contributed by atoms with Crippen molar-refractivity contribution in [3.63, 3.8) is 0 Å². The summed E-state index contributed by atoms with van der Waals surface area (Å²) in [5.74, 6) is 2.68. The third-order valence-corrected chi connectivity index (χ3v) is 9.93. The van der Waals surface area contributed by atoms with Crippen molar-refractivity contribution in [3.8, 4) is 5.75 Å². The highest BCUT2D eigenvalue weighted by atomic mass is 16.5. The van der Waals surface area contributed by atoms with Gasteiger partial charge in [-0.05, 0) is 60.8 Å². The van der Waals surface area contributed by atoms with Crippen molar-refractivity contribution in [2.75, 3.05) is 46.4 Å².